The first kappa shape index (κ1) is 14.2. The smallest absolute Gasteiger partial charge is 0.305 e. The quantitative estimate of drug-likeness (QED) is 0.853. The van der Waals surface area contributed by atoms with E-state index in [0.29, 0.717) is 0 Å². The first-order valence-electron chi connectivity index (χ1n) is 5.77. The summed E-state index contributed by atoms with van der Waals surface area (Å²) >= 11 is 0. The molecule has 4 heteroatoms. The molecule has 0 heterocycles. The third-order valence-electron chi connectivity index (χ3n) is 2.92. The molecular formula is C14H18N2O2. The van der Waals surface area contributed by atoms with Crippen LogP contribution in [0.2, 0.25) is 0 Å². The van der Waals surface area contributed by atoms with E-state index >= 15 is 0 Å². The molecule has 18 heavy (non-hydrogen) atoms. The van der Waals surface area contributed by atoms with Crippen LogP contribution in [-0.4, -0.2) is 11.1 Å². The summed E-state index contributed by atoms with van der Waals surface area (Å²) in [5.41, 5.74) is 7.85. The van der Waals surface area contributed by atoms with Gasteiger partial charge in [0.2, 0.25) is 0 Å². The molecule has 0 aliphatic carbocycles. The number of nitriles is 1. The molecule has 0 unspecified atom stereocenters. The van der Waals surface area contributed by atoms with E-state index in [2.05, 4.69) is 6.07 Å². The van der Waals surface area contributed by atoms with Crippen molar-refractivity contribution in [3.8, 4) is 6.07 Å². The molecule has 0 bridgehead atoms. The highest BCUT2D eigenvalue weighted by molar-refractivity contribution is 5.68. The number of carbonyl (C=O) groups is 1. The fraction of sp³-hybridized carbons (Fsp3) is 0.429. The Morgan fingerprint density at radius 3 is 2.61 bits per heavy atom. The molecular weight excluding hydrogens is 228 g/mol. The van der Waals surface area contributed by atoms with Crippen LogP contribution in [0.5, 0.6) is 0 Å². The zero-order valence-electron chi connectivity index (χ0n) is 10.9. The summed E-state index contributed by atoms with van der Waals surface area (Å²) in [6.45, 7) is 5.57. The number of aryl methyl sites for hydroxylation is 1. The summed E-state index contributed by atoms with van der Waals surface area (Å²) in [4.78, 5) is 10.7. The van der Waals surface area contributed by atoms with Gasteiger partial charge in [-0.2, -0.15) is 5.26 Å². The van der Waals surface area contributed by atoms with Gasteiger partial charge in [0.25, 0.3) is 0 Å². The molecule has 0 amide bonds. The monoisotopic (exact) mass is 246 g/mol. The van der Waals surface area contributed by atoms with Gasteiger partial charge in [0.15, 0.2) is 0 Å². The van der Waals surface area contributed by atoms with Crippen LogP contribution in [0.4, 0.5) is 0 Å². The van der Waals surface area contributed by atoms with Gasteiger partial charge < -0.3 is 10.8 Å². The molecule has 0 aliphatic heterocycles. The van der Waals surface area contributed by atoms with Crippen LogP contribution in [0.15, 0.2) is 18.2 Å². The van der Waals surface area contributed by atoms with Crippen molar-refractivity contribution in [2.45, 2.75) is 38.6 Å². The van der Waals surface area contributed by atoms with E-state index in [1.54, 1.807) is 0 Å². The lowest BCUT2D eigenvalue weighted by molar-refractivity contribution is -0.137. The number of carboxylic acid groups (broad SMARTS) is 1. The van der Waals surface area contributed by atoms with E-state index in [0.717, 1.165) is 16.7 Å². The Kier molecular flexibility index (Phi) is 4.10. The topological polar surface area (TPSA) is 87.1 Å². The van der Waals surface area contributed by atoms with Gasteiger partial charge >= 0.3 is 5.97 Å². The molecule has 96 valence electrons. The van der Waals surface area contributed by atoms with Gasteiger partial charge in [-0.15, -0.1) is 0 Å². The van der Waals surface area contributed by atoms with Crippen LogP contribution >= 0.6 is 0 Å². The van der Waals surface area contributed by atoms with Gasteiger partial charge in [-0.1, -0.05) is 23.8 Å². The minimum absolute atomic E-state index is 0.115. The maximum atomic E-state index is 10.7. The van der Waals surface area contributed by atoms with E-state index in [1.165, 1.54) is 0 Å². The molecule has 3 N–H and O–H groups in total. The average molecular weight is 246 g/mol. The van der Waals surface area contributed by atoms with Gasteiger partial charge in [0.1, 0.15) is 0 Å². The SMILES string of the molecule is Cc1cc([C@@H](N)CC(=O)O)cc(C(C)(C)C#N)c1. The van der Waals surface area contributed by atoms with Gasteiger partial charge in [-0.05, 0) is 31.9 Å². The summed E-state index contributed by atoms with van der Waals surface area (Å²) < 4.78 is 0. The van der Waals surface area contributed by atoms with E-state index in [-0.39, 0.29) is 6.42 Å². The maximum absolute atomic E-state index is 10.7. The Morgan fingerprint density at radius 1 is 1.50 bits per heavy atom. The lowest BCUT2D eigenvalue weighted by Crippen LogP contribution is -2.18. The molecule has 1 atom stereocenters. The number of nitrogens with zero attached hydrogens (tertiary/aromatic N) is 1. The summed E-state index contributed by atoms with van der Waals surface area (Å²) in [5, 5.41) is 17.9. The highest BCUT2D eigenvalue weighted by atomic mass is 16.4. The Balaban J connectivity index is 3.17. The third-order valence-corrected chi connectivity index (χ3v) is 2.92. The standard InChI is InChI=1S/C14H18N2O2/c1-9-4-10(12(16)7-13(17)18)6-11(5-9)14(2,3)8-15/h4-6,12H,7,16H2,1-3H3,(H,17,18)/t12-/m0/s1. The third kappa shape index (κ3) is 3.31. The lowest BCUT2D eigenvalue weighted by Gasteiger charge is -2.19. The molecule has 1 aromatic rings. The predicted octanol–water partition coefficient (Wildman–Crippen LogP) is 2.27. The Morgan fingerprint density at radius 2 is 2.11 bits per heavy atom. The summed E-state index contributed by atoms with van der Waals surface area (Å²) in [6.07, 6.45) is -0.115. The molecule has 1 aromatic carbocycles. The second-order valence-electron chi connectivity index (χ2n) is 5.07. The van der Waals surface area contributed by atoms with Crippen LogP contribution in [0.3, 0.4) is 0 Å². The molecule has 0 spiro atoms. The fourth-order valence-electron chi connectivity index (χ4n) is 1.76. The molecule has 0 saturated heterocycles. The second-order valence-corrected chi connectivity index (χ2v) is 5.07. The number of hydrogen-bond acceptors (Lipinski definition) is 3. The zero-order valence-corrected chi connectivity index (χ0v) is 10.9. The van der Waals surface area contributed by atoms with Gasteiger partial charge in [-0.25, -0.2) is 0 Å². The van der Waals surface area contributed by atoms with Gasteiger partial charge in [0.05, 0.1) is 17.9 Å². The number of nitrogens with two attached hydrogens (primary N) is 1. The van der Waals surface area contributed by atoms with E-state index in [1.807, 2.05) is 39.0 Å². The first-order chi connectivity index (χ1) is 8.26. The normalized spacial score (nSPS) is 12.8. The van der Waals surface area contributed by atoms with Gasteiger partial charge in [0, 0.05) is 6.04 Å². The minimum atomic E-state index is -0.926. The molecule has 0 radical (unpaired) electrons. The summed E-state index contributed by atoms with van der Waals surface area (Å²) in [6, 6.07) is 7.31. The first-order valence-corrected chi connectivity index (χ1v) is 5.77. The van der Waals surface area contributed by atoms with Crippen molar-refractivity contribution in [1.29, 1.82) is 5.26 Å². The van der Waals surface area contributed by atoms with Crippen LogP contribution in [0.1, 0.15) is 43.0 Å². The highest BCUT2D eigenvalue weighted by Crippen LogP contribution is 2.27. The average Bonchev–Trinajstić information content (AvgIpc) is 2.27. The van der Waals surface area contributed by atoms with Gasteiger partial charge in [-0.3, -0.25) is 4.79 Å². The Bertz CT molecular complexity index is 501. The Hall–Kier alpha value is -1.86. The molecule has 0 aromatic heterocycles. The number of carboxylic acids is 1. The van der Waals surface area contributed by atoms with E-state index in [4.69, 9.17) is 16.1 Å². The van der Waals surface area contributed by atoms with Crippen molar-refractivity contribution in [3.05, 3.63) is 34.9 Å². The number of rotatable bonds is 4. The number of aliphatic carboxylic acids is 1. The maximum Gasteiger partial charge on any atom is 0.305 e. The number of benzene rings is 1. The van der Waals surface area contributed by atoms with Crippen LogP contribution in [0.25, 0.3) is 0 Å². The Labute approximate surface area is 107 Å². The van der Waals surface area contributed by atoms with Crippen molar-refractivity contribution in [2.24, 2.45) is 5.73 Å². The zero-order chi connectivity index (χ0) is 13.9. The number of hydrogen-bond donors (Lipinski definition) is 2. The lowest BCUT2D eigenvalue weighted by atomic mass is 9.83. The van der Waals surface area contributed by atoms with Crippen LogP contribution < -0.4 is 5.73 Å². The van der Waals surface area contributed by atoms with Crippen molar-refractivity contribution in [2.75, 3.05) is 0 Å². The van der Waals surface area contributed by atoms with Crippen molar-refractivity contribution in [3.63, 3.8) is 0 Å². The van der Waals surface area contributed by atoms with E-state index < -0.39 is 17.4 Å². The minimum Gasteiger partial charge on any atom is -0.481 e. The van der Waals surface area contributed by atoms with Crippen molar-refractivity contribution >= 4 is 5.97 Å². The second kappa shape index (κ2) is 5.19. The highest BCUT2D eigenvalue weighted by Gasteiger charge is 2.22. The van der Waals surface area contributed by atoms with Crippen LogP contribution in [0, 0.1) is 18.3 Å². The van der Waals surface area contributed by atoms with Crippen molar-refractivity contribution < 1.29 is 9.90 Å². The largest absolute Gasteiger partial charge is 0.481 e. The molecule has 0 fully saturated rings. The van der Waals surface area contributed by atoms with E-state index in [9.17, 15) is 4.79 Å². The molecule has 1 rings (SSSR count). The summed E-state index contributed by atoms with van der Waals surface area (Å²) in [5.74, 6) is -0.926. The summed E-state index contributed by atoms with van der Waals surface area (Å²) in [7, 11) is 0. The fourth-order valence-corrected chi connectivity index (χ4v) is 1.76. The molecule has 0 saturated carbocycles. The molecule has 4 nitrogen and oxygen atoms in total. The molecule has 0 aliphatic rings. The van der Waals surface area contributed by atoms with Crippen molar-refractivity contribution in [1.82, 2.24) is 0 Å². The predicted molar refractivity (Wildman–Crippen MR) is 69.0 cm³/mol. The van der Waals surface area contributed by atoms with Crippen LogP contribution in [-0.2, 0) is 10.2 Å².